The van der Waals surface area contributed by atoms with Crippen LogP contribution in [0.5, 0.6) is 0 Å². The minimum Gasteiger partial charge on any atom is -0.369 e. The second kappa shape index (κ2) is 7.91. The Kier molecular flexibility index (Phi) is 6.87. The molecule has 0 aromatic heterocycles. The zero-order valence-corrected chi connectivity index (χ0v) is 14.4. The molecule has 19 heavy (non-hydrogen) atoms. The van der Waals surface area contributed by atoms with Gasteiger partial charge in [-0.15, -0.1) is 0 Å². The molecule has 1 rings (SSSR count). The van der Waals surface area contributed by atoms with Gasteiger partial charge < -0.3 is 10.2 Å². The maximum Gasteiger partial charge on any atom is 0.0415 e. The van der Waals surface area contributed by atoms with Crippen molar-refractivity contribution in [1.82, 2.24) is 5.32 Å². The van der Waals surface area contributed by atoms with E-state index in [1.165, 1.54) is 11.3 Å². The zero-order valence-electron chi connectivity index (χ0n) is 12.8. The van der Waals surface area contributed by atoms with Crippen LogP contribution in [0.15, 0.2) is 22.7 Å². The molecule has 0 aliphatic rings. The Hall–Kier alpha value is -0.540. The van der Waals surface area contributed by atoms with Crippen LogP contribution in [0.3, 0.4) is 0 Å². The molecule has 0 aliphatic carbocycles. The summed E-state index contributed by atoms with van der Waals surface area (Å²) in [5, 5.41) is 3.43. The summed E-state index contributed by atoms with van der Waals surface area (Å²) in [5.41, 5.74) is 2.72. The summed E-state index contributed by atoms with van der Waals surface area (Å²) in [4.78, 5) is 2.50. The molecule has 0 aliphatic heterocycles. The summed E-state index contributed by atoms with van der Waals surface area (Å²) in [6.45, 7) is 14.2. The van der Waals surface area contributed by atoms with Crippen molar-refractivity contribution in [1.29, 1.82) is 0 Å². The van der Waals surface area contributed by atoms with Crippen LogP contribution >= 0.6 is 15.9 Å². The van der Waals surface area contributed by atoms with Crippen LogP contribution < -0.4 is 10.2 Å². The van der Waals surface area contributed by atoms with E-state index >= 15 is 0 Å². The Balaban J connectivity index is 3.06. The van der Waals surface area contributed by atoms with Gasteiger partial charge >= 0.3 is 0 Å². The predicted octanol–water partition coefficient (Wildman–Crippen LogP) is 4.43. The highest BCUT2D eigenvalue weighted by atomic mass is 79.9. The summed E-state index contributed by atoms with van der Waals surface area (Å²) >= 11 is 3.58. The van der Waals surface area contributed by atoms with Gasteiger partial charge in [-0.25, -0.2) is 0 Å². The van der Waals surface area contributed by atoms with Gasteiger partial charge in [0.05, 0.1) is 0 Å². The molecule has 0 bridgehead atoms. The van der Waals surface area contributed by atoms with Crippen LogP contribution in [0.25, 0.3) is 0 Å². The lowest BCUT2D eigenvalue weighted by Crippen LogP contribution is -2.35. The first kappa shape index (κ1) is 16.5. The Labute approximate surface area is 126 Å². The Morgan fingerprint density at radius 1 is 1.21 bits per heavy atom. The van der Waals surface area contributed by atoms with Gasteiger partial charge in [-0.2, -0.15) is 0 Å². The number of halogens is 1. The van der Waals surface area contributed by atoms with Gasteiger partial charge in [0.15, 0.2) is 0 Å². The van der Waals surface area contributed by atoms with Crippen molar-refractivity contribution in [2.24, 2.45) is 5.92 Å². The van der Waals surface area contributed by atoms with E-state index in [-0.39, 0.29) is 0 Å². The minimum atomic E-state index is 0.518. The molecule has 0 amide bonds. The highest BCUT2D eigenvalue weighted by Gasteiger charge is 2.15. The molecular weight excluding hydrogens is 300 g/mol. The number of nitrogens with zero attached hydrogens (tertiary/aromatic N) is 1. The van der Waals surface area contributed by atoms with E-state index in [0.717, 1.165) is 24.1 Å². The number of hydrogen-bond donors (Lipinski definition) is 1. The molecule has 2 nitrogen and oxygen atoms in total. The standard InChI is InChI=1S/C16H27BrN2/c1-6-18-10-14-9-15(17)7-8-16(14)19(13(4)5)11-12(2)3/h7-9,12-13,18H,6,10-11H2,1-5H3. The van der Waals surface area contributed by atoms with Gasteiger partial charge in [-0.3, -0.25) is 0 Å². The zero-order chi connectivity index (χ0) is 14.4. The molecule has 1 N–H and O–H groups in total. The highest BCUT2D eigenvalue weighted by molar-refractivity contribution is 9.10. The van der Waals surface area contributed by atoms with Gasteiger partial charge in [-0.1, -0.05) is 36.7 Å². The summed E-state index contributed by atoms with van der Waals surface area (Å²) in [7, 11) is 0. The first-order chi connectivity index (χ1) is 8.95. The third kappa shape index (κ3) is 5.15. The smallest absolute Gasteiger partial charge is 0.0415 e. The summed E-state index contributed by atoms with van der Waals surface area (Å²) in [6.07, 6.45) is 0. The third-order valence-electron chi connectivity index (χ3n) is 3.10. The fourth-order valence-electron chi connectivity index (χ4n) is 2.22. The molecule has 0 fully saturated rings. The van der Waals surface area contributed by atoms with Crippen molar-refractivity contribution < 1.29 is 0 Å². The number of benzene rings is 1. The molecule has 108 valence electrons. The monoisotopic (exact) mass is 326 g/mol. The maximum atomic E-state index is 3.58. The molecule has 0 unspecified atom stereocenters. The van der Waals surface area contributed by atoms with Crippen molar-refractivity contribution in [3.63, 3.8) is 0 Å². The normalized spacial score (nSPS) is 11.4. The van der Waals surface area contributed by atoms with Crippen molar-refractivity contribution >= 4 is 21.6 Å². The lowest BCUT2D eigenvalue weighted by Gasteiger charge is -2.32. The lowest BCUT2D eigenvalue weighted by molar-refractivity contribution is 0.568. The predicted molar refractivity (Wildman–Crippen MR) is 88.8 cm³/mol. The van der Waals surface area contributed by atoms with E-state index in [1.807, 2.05) is 0 Å². The van der Waals surface area contributed by atoms with Crippen LogP contribution in [0.2, 0.25) is 0 Å². The largest absolute Gasteiger partial charge is 0.369 e. The van der Waals surface area contributed by atoms with E-state index in [1.54, 1.807) is 0 Å². The van der Waals surface area contributed by atoms with Crippen molar-refractivity contribution in [3.8, 4) is 0 Å². The topological polar surface area (TPSA) is 15.3 Å². The molecule has 0 saturated carbocycles. The van der Waals surface area contributed by atoms with Gasteiger partial charge in [0.2, 0.25) is 0 Å². The second-order valence-electron chi connectivity index (χ2n) is 5.69. The summed E-state index contributed by atoms with van der Waals surface area (Å²) < 4.78 is 1.15. The van der Waals surface area contributed by atoms with Crippen molar-refractivity contribution in [2.75, 3.05) is 18.0 Å². The average molecular weight is 327 g/mol. The fourth-order valence-corrected chi connectivity index (χ4v) is 2.62. The number of nitrogens with one attached hydrogen (secondary N) is 1. The van der Waals surface area contributed by atoms with E-state index in [4.69, 9.17) is 0 Å². The van der Waals surface area contributed by atoms with Gasteiger partial charge in [-0.05, 0) is 50.1 Å². The fraction of sp³-hybridized carbons (Fsp3) is 0.625. The quantitative estimate of drug-likeness (QED) is 0.797. The molecule has 3 heteroatoms. The highest BCUT2D eigenvalue weighted by Crippen LogP contribution is 2.27. The van der Waals surface area contributed by atoms with E-state index in [9.17, 15) is 0 Å². The molecule has 0 atom stereocenters. The van der Waals surface area contributed by atoms with Crippen molar-refractivity contribution in [3.05, 3.63) is 28.2 Å². The molecule has 0 heterocycles. The molecular formula is C16H27BrN2. The average Bonchev–Trinajstić information content (AvgIpc) is 2.33. The Bertz CT molecular complexity index is 388. The van der Waals surface area contributed by atoms with E-state index < -0.39 is 0 Å². The number of anilines is 1. The second-order valence-corrected chi connectivity index (χ2v) is 6.61. The molecule has 0 spiro atoms. The van der Waals surface area contributed by atoms with Crippen LogP contribution in [-0.2, 0) is 6.54 Å². The van der Waals surface area contributed by atoms with Crippen LogP contribution in [0.4, 0.5) is 5.69 Å². The van der Waals surface area contributed by atoms with Gasteiger partial charge in [0, 0.05) is 29.3 Å². The SMILES string of the molecule is CCNCc1cc(Br)ccc1N(CC(C)C)C(C)C. The Morgan fingerprint density at radius 2 is 1.89 bits per heavy atom. The number of rotatable bonds is 7. The molecule has 1 aromatic rings. The molecule has 0 saturated heterocycles. The molecule has 1 aromatic carbocycles. The minimum absolute atomic E-state index is 0.518. The van der Waals surface area contributed by atoms with Gasteiger partial charge in [0.1, 0.15) is 0 Å². The first-order valence-corrected chi connectivity index (χ1v) is 8.00. The van der Waals surface area contributed by atoms with Crippen LogP contribution in [-0.4, -0.2) is 19.1 Å². The maximum absolute atomic E-state index is 3.58. The third-order valence-corrected chi connectivity index (χ3v) is 3.59. The van der Waals surface area contributed by atoms with Crippen LogP contribution in [0.1, 0.15) is 40.2 Å². The van der Waals surface area contributed by atoms with E-state index in [0.29, 0.717) is 12.0 Å². The summed E-state index contributed by atoms with van der Waals surface area (Å²) in [5.74, 6) is 0.665. The van der Waals surface area contributed by atoms with E-state index in [2.05, 4.69) is 79.0 Å². The van der Waals surface area contributed by atoms with Crippen molar-refractivity contribution in [2.45, 2.75) is 47.2 Å². The number of hydrogen-bond acceptors (Lipinski definition) is 2. The summed E-state index contributed by atoms with van der Waals surface area (Å²) in [6, 6.07) is 7.12. The first-order valence-electron chi connectivity index (χ1n) is 7.21. The lowest BCUT2D eigenvalue weighted by atomic mass is 10.1. The molecule has 0 radical (unpaired) electrons. The van der Waals surface area contributed by atoms with Gasteiger partial charge in [0.25, 0.3) is 0 Å². The van der Waals surface area contributed by atoms with Crippen LogP contribution in [0, 0.1) is 5.92 Å². The Morgan fingerprint density at radius 3 is 2.42 bits per heavy atom.